The summed E-state index contributed by atoms with van der Waals surface area (Å²) in [6.07, 6.45) is 0. The monoisotopic (exact) mass is 213 g/mol. The maximum atomic E-state index is 8.88. The Morgan fingerprint density at radius 2 is 1.00 bits per heavy atom. The van der Waals surface area contributed by atoms with Gasteiger partial charge in [-0.3, -0.25) is 0 Å². The molecule has 9 heteroatoms. The van der Waals surface area contributed by atoms with Gasteiger partial charge in [0.05, 0.1) is 0 Å². The molecule has 0 fully saturated rings. The largest absolute Gasteiger partial charge is 0 e. The maximum Gasteiger partial charge on any atom is 0 e. The van der Waals surface area contributed by atoms with E-state index >= 15 is 0 Å². The first-order chi connectivity index (χ1) is 2.00. The third-order valence-electron chi connectivity index (χ3n) is 0. The molecule has 0 aliphatic rings. The molecule has 0 unspecified atom stereocenters. The first kappa shape index (κ1) is 29.9. The van der Waals surface area contributed by atoms with E-state index in [9.17, 15) is 0 Å². The zero-order chi connectivity index (χ0) is 4.50. The molecule has 0 rings (SSSR count). The first-order valence-electron chi connectivity index (χ1n) is 0.783. The predicted octanol–water partition coefficient (Wildman–Crippen LogP) is -2.23. The number of rotatable bonds is 0. The zero-order valence-corrected chi connectivity index (χ0v) is 7.00. The van der Waals surface area contributed by atoms with Crippen LogP contribution in [0.25, 0.3) is 0 Å². The molecule has 9 heavy (non-hydrogen) atoms. The summed E-state index contributed by atoms with van der Waals surface area (Å²) in [6, 6.07) is 0. The molecular formula is H5Li2O4PTiV. The molecule has 0 aromatic carbocycles. The fourth-order valence-electron chi connectivity index (χ4n) is 0. The van der Waals surface area contributed by atoms with Crippen LogP contribution < -0.4 is 0 Å². The van der Waals surface area contributed by atoms with Crippen molar-refractivity contribution in [3.05, 3.63) is 0 Å². The van der Waals surface area contributed by atoms with Gasteiger partial charge < -0.3 is 14.7 Å². The van der Waals surface area contributed by atoms with Crippen molar-refractivity contribution >= 4 is 45.5 Å². The molecule has 0 spiro atoms. The fraction of sp³-hybridized carbons (Fsp3) is 0. The molecule has 0 aliphatic heterocycles. The average Bonchev–Trinajstić information content (AvgIpc) is 0.722. The molecule has 0 atom stereocenters. The molecule has 0 aromatic rings. The molecule has 0 amide bonds. The maximum absolute atomic E-state index is 8.88. The smallest absolute Gasteiger partial charge is 0 e. The van der Waals surface area contributed by atoms with Crippen molar-refractivity contribution < 1.29 is 59.5 Å². The van der Waals surface area contributed by atoms with Crippen LogP contribution in [0.1, 0.15) is 0 Å². The molecule has 0 aromatic heterocycles. The van der Waals surface area contributed by atoms with Gasteiger partial charge in [-0.15, -0.1) is 0 Å². The fourth-order valence-corrected chi connectivity index (χ4v) is 0. The van der Waals surface area contributed by atoms with Gasteiger partial charge in [0.2, 0.25) is 0 Å². The van der Waals surface area contributed by atoms with Crippen molar-refractivity contribution in [2.75, 3.05) is 0 Å². The van der Waals surface area contributed by atoms with E-state index in [0.29, 0.717) is 0 Å². The number of phosphoric acid groups is 1. The van der Waals surface area contributed by atoms with Gasteiger partial charge in [-0.05, 0) is 0 Å². The summed E-state index contributed by atoms with van der Waals surface area (Å²) in [6.45, 7) is 0. The van der Waals surface area contributed by atoms with E-state index in [1.54, 1.807) is 0 Å². The van der Waals surface area contributed by atoms with E-state index < -0.39 is 7.82 Å². The quantitative estimate of drug-likeness (QED) is 0.314. The average molecular weight is 213 g/mol. The Morgan fingerprint density at radius 3 is 1.00 bits per heavy atom. The SMILES string of the molecule is O=P(O)(O)O.[LiH].[LiH].[Ti].[V]. The topological polar surface area (TPSA) is 77.8 Å². The minimum Gasteiger partial charge on any atom is 0 e. The summed E-state index contributed by atoms with van der Waals surface area (Å²) < 4.78 is 8.88. The van der Waals surface area contributed by atoms with Crippen LogP contribution in [0.3, 0.4) is 0 Å². The Hall–Kier alpha value is 2.60. The third-order valence-corrected chi connectivity index (χ3v) is 0. The van der Waals surface area contributed by atoms with Crippen LogP contribution in [0.2, 0.25) is 0 Å². The van der Waals surface area contributed by atoms with Crippen LogP contribution in [0.5, 0.6) is 0 Å². The molecule has 0 saturated carbocycles. The Bertz CT molecular complexity index is 64.7. The molecule has 1 radical (unpaired) electrons. The van der Waals surface area contributed by atoms with E-state index in [0.717, 1.165) is 0 Å². The number of hydrogen-bond acceptors (Lipinski definition) is 1. The summed E-state index contributed by atoms with van der Waals surface area (Å²) in [5, 5.41) is 0. The Kier molecular flexibility index (Phi) is 43.9. The van der Waals surface area contributed by atoms with Crippen molar-refractivity contribution in [3.63, 3.8) is 0 Å². The van der Waals surface area contributed by atoms with E-state index in [1.165, 1.54) is 0 Å². The summed E-state index contributed by atoms with van der Waals surface area (Å²) in [7, 11) is -4.64. The summed E-state index contributed by atoms with van der Waals surface area (Å²) in [5.41, 5.74) is 0. The number of hydrogen-bond donors (Lipinski definition) is 3. The van der Waals surface area contributed by atoms with Crippen molar-refractivity contribution in [1.82, 2.24) is 0 Å². The molecule has 45 valence electrons. The molecule has 0 bridgehead atoms. The van der Waals surface area contributed by atoms with Crippen molar-refractivity contribution in [3.8, 4) is 0 Å². The first-order valence-corrected chi connectivity index (χ1v) is 2.35. The van der Waals surface area contributed by atoms with Crippen LogP contribution in [-0.2, 0) is 44.8 Å². The van der Waals surface area contributed by atoms with Gasteiger partial charge in [-0.1, -0.05) is 0 Å². The van der Waals surface area contributed by atoms with Crippen LogP contribution in [0.15, 0.2) is 0 Å². The molecule has 0 heterocycles. The van der Waals surface area contributed by atoms with Gasteiger partial charge in [0, 0.05) is 40.3 Å². The molecule has 4 nitrogen and oxygen atoms in total. The van der Waals surface area contributed by atoms with Gasteiger partial charge in [0.25, 0.3) is 0 Å². The Balaban J connectivity index is -0.0000000133. The second-order valence-corrected chi connectivity index (χ2v) is 1.54. The molecule has 3 N–H and O–H groups in total. The van der Waals surface area contributed by atoms with Gasteiger partial charge >= 0.3 is 45.5 Å². The van der Waals surface area contributed by atoms with Crippen LogP contribution in [0.4, 0.5) is 0 Å². The van der Waals surface area contributed by atoms with Crippen LogP contribution >= 0.6 is 7.82 Å². The van der Waals surface area contributed by atoms with E-state index in [1.807, 2.05) is 0 Å². The summed E-state index contributed by atoms with van der Waals surface area (Å²) in [4.78, 5) is 21.6. The third kappa shape index (κ3) is 116. The summed E-state index contributed by atoms with van der Waals surface area (Å²) >= 11 is 0. The van der Waals surface area contributed by atoms with Crippen molar-refractivity contribution in [2.24, 2.45) is 0 Å². The summed E-state index contributed by atoms with van der Waals surface area (Å²) in [5.74, 6) is 0. The molecule has 0 saturated heterocycles. The van der Waals surface area contributed by atoms with Gasteiger partial charge in [0.15, 0.2) is 0 Å². The van der Waals surface area contributed by atoms with E-state index in [4.69, 9.17) is 19.2 Å². The van der Waals surface area contributed by atoms with Gasteiger partial charge in [-0.2, -0.15) is 0 Å². The van der Waals surface area contributed by atoms with Gasteiger partial charge in [0.1, 0.15) is 0 Å². The van der Waals surface area contributed by atoms with E-state index in [-0.39, 0.29) is 78.0 Å². The second-order valence-electron chi connectivity index (χ2n) is 0.513. The minimum absolute atomic E-state index is 0. The van der Waals surface area contributed by atoms with Gasteiger partial charge in [-0.25, -0.2) is 4.57 Å². The zero-order valence-electron chi connectivity index (χ0n) is 3.14. The Labute approximate surface area is 104 Å². The van der Waals surface area contributed by atoms with Crippen molar-refractivity contribution in [2.45, 2.75) is 0 Å². The van der Waals surface area contributed by atoms with Crippen LogP contribution in [0, 0.1) is 0 Å². The standard InChI is InChI=1S/2Li.H3O4P.Ti.V.2H/c;;1-5(2,3)4;;;;/h;;(H3,1,2,3,4);;;;. The Morgan fingerprint density at radius 1 is 1.00 bits per heavy atom. The second kappa shape index (κ2) is 13.2. The normalized spacial score (nSPS) is 6.56. The molecule has 0 aliphatic carbocycles. The van der Waals surface area contributed by atoms with Crippen LogP contribution in [-0.4, -0.2) is 52.4 Å². The minimum atomic E-state index is -4.64. The van der Waals surface area contributed by atoms with Crippen molar-refractivity contribution in [1.29, 1.82) is 0 Å². The van der Waals surface area contributed by atoms with E-state index in [2.05, 4.69) is 0 Å². The molecular weight excluding hydrogens is 208 g/mol. The predicted molar refractivity (Wildman–Crippen MR) is 28.6 cm³/mol.